The van der Waals surface area contributed by atoms with Crippen LogP contribution in [0.2, 0.25) is 0 Å². The minimum atomic E-state index is -0.777. The number of rotatable bonds is 4. The lowest BCUT2D eigenvalue weighted by Crippen LogP contribution is -2.06. The van der Waals surface area contributed by atoms with Crippen LogP contribution in [0.1, 0.15) is 31.2 Å². The lowest BCUT2D eigenvalue weighted by atomic mass is 9.99. The summed E-state index contributed by atoms with van der Waals surface area (Å²) in [6.45, 7) is 0. The van der Waals surface area contributed by atoms with E-state index in [1.54, 1.807) is 0 Å². The summed E-state index contributed by atoms with van der Waals surface area (Å²) >= 11 is 0. The minimum absolute atomic E-state index is 0.477. The molecule has 2 nitrogen and oxygen atoms in total. The molecule has 0 amide bonds. The van der Waals surface area contributed by atoms with E-state index in [4.69, 9.17) is 0 Å². The van der Waals surface area contributed by atoms with Gasteiger partial charge in [-0.3, -0.25) is 0 Å². The van der Waals surface area contributed by atoms with E-state index in [1.165, 1.54) is 12.8 Å². The molecule has 0 saturated heterocycles. The van der Waals surface area contributed by atoms with Gasteiger partial charge in [-0.1, -0.05) is 49.2 Å². The molecular formula is C15H18O2. The molecule has 0 bridgehead atoms. The fourth-order valence-electron chi connectivity index (χ4n) is 2.43. The maximum Gasteiger partial charge on any atom is 0.331 e. The molecule has 2 heteroatoms. The van der Waals surface area contributed by atoms with Gasteiger partial charge in [0.25, 0.3) is 0 Å². The summed E-state index contributed by atoms with van der Waals surface area (Å²) < 4.78 is 0. The quantitative estimate of drug-likeness (QED) is 0.804. The van der Waals surface area contributed by atoms with Crippen LogP contribution in [0, 0.1) is 5.92 Å². The molecule has 1 aromatic rings. The lowest BCUT2D eigenvalue weighted by Gasteiger charge is -2.07. The SMILES string of the molecule is O=C(O)/C(=C/C1CCCC1)Cc1ccccc1. The Morgan fingerprint density at radius 2 is 1.88 bits per heavy atom. The van der Waals surface area contributed by atoms with Gasteiger partial charge in [0.1, 0.15) is 0 Å². The predicted molar refractivity (Wildman–Crippen MR) is 67.8 cm³/mol. The van der Waals surface area contributed by atoms with Gasteiger partial charge in [-0.05, 0) is 24.3 Å². The van der Waals surface area contributed by atoms with Crippen molar-refractivity contribution in [2.24, 2.45) is 5.92 Å². The number of aliphatic carboxylic acids is 1. The maximum atomic E-state index is 11.2. The minimum Gasteiger partial charge on any atom is -0.478 e. The van der Waals surface area contributed by atoms with Crippen molar-refractivity contribution < 1.29 is 9.90 Å². The van der Waals surface area contributed by atoms with Crippen molar-refractivity contribution in [3.8, 4) is 0 Å². The van der Waals surface area contributed by atoms with E-state index < -0.39 is 5.97 Å². The van der Waals surface area contributed by atoms with Crippen molar-refractivity contribution in [3.63, 3.8) is 0 Å². The normalized spacial score (nSPS) is 17.3. The molecule has 1 N–H and O–H groups in total. The summed E-state index contributed by atoms with van der Waals surface area (Å²) in [6, 6.07) is 9.80. The van der Waals surface area contributed by atoms with Crippen LogP contribution in [-0.2, 0) is 11.2 Å². The zero-order chi connectivity index (χ0) is 12.1. The molecule has 1 aromatic carbocycles. The van der Waals surface area contributed by atoms with Gasteiger partial charge in [0, 0.05) is 12.0 Å². The molecule has 1 fully saturated rings. The Balaban J connectivity index is 2.09. The van der Waals surface area contributed by atoms with E-state index in [9.17, 15) is 9.90 Å². The number of benzene rings is 1. The van der Waals surface area contributed by atoms with Crippen LogP contribution >= 0.6 is 0 Å². The maximum absolute atomic E-state index is 11.2. The Hall–Kier alpha value is -1.57. The number of hydrogen-bond donors (Lipinski definition) is 1. The van der Waals surface area contributed by atoms with Crippen molar-refractivity contribution in [2.75, 3.05) is 0 Å². The van der Waals surface area contributed by atoms with Gasteiger partial charge in [0.05, 0.1) is 0 Å². The Bertz CT molecular complexity index is 400. The Labute approximate surface area is 102 Å². The number of allylic oxidation sites excluding steroid dienone is 1. The van der Waals surface area contributed by atoms with E-state index in [-0.39, 0.29) is 0 Å². The van der Waals surface area contributed by atoms with Crippen LogP contribution in [-0.4, -0.2) is 11.1 Å². The van der Waals surface area contributed by atoms with Crippen molar-refractivity contribution in [1.82, 2.24) is 0 Å². The fourth-order valence-corrected chi connectivity index (χ4v) is 2.43. The Morgan fingerprint density at radius 3 is 2.47 bits per heavy atom. The summed E-state index contributed by atoms with van der Waals surface area (Å²) in [5.41, 5.74) is 1.61. The lowest BCUT2D eigenvalue weighted by molar-refractivity contribution is -0.132. The summed E-state index contributed by atoms with van der Waals surface area (Å²) in [7, 11) is 0. The fraction of sp³-hybridized carbons (Fsp3) is 0.400. The summed E-state index contributed by atoms with van der Waals surface area (Å²) in [4.78, 5) is 11.2. The molecule has 0 aliphatic heterocycles. The molecule has 90 valence electrons. The molecule has 0 radical (unpaired) electrons. The van der Waals surface area contributed by atoms with Gasteiger partial charge in [-0.2, -0.15) is 0 Å². The van der Waals surface area contributed by atoms with Gasteiger partial charge < -0.3 is 5.11 Å². The monoisotopic (exact) mass is 230 g/mol. The first-order valence-electron chi connectivity index (χ1n) is 6.23. The number of carboxylic acid groups (broad SMARTS) is 1. The van der Waals surface area contributed by atoms with Crippen LogP contribution in [0.4, 0.5) is 0 Å². The first-order chi connectivity index (χ1) is 8.25. The van der Waals surface area contributed by atoms with Crippen LogP contribution in [0.15, 0.2) is 42.0 Å². The van der Waals surface area contributed by atoms with Crippen molar-refractivity contribution >= 4 is 5.97 Å². The van der Waals surface area contributed by atoms with E-state index in [0.29, 0.717) is 17.9 Å². The standard InChI is InChI=1S/C15H18O2/c16-15(17)14(11-13-8-4-5-9-13)10-12-6-2-1-3-7-12/h1-3,6-7,11,13H,4-5,8-10H2,(H,16,17)/b14-11+. The summed E-state index contributed by atoms with van der Waals surface area (Å²) in [5, 5.41) is 9.23. The molecule has 1 aliphatic rings. The van der Waals surface area contributed by atoms with E-state index >= 15 is 0 Å². The third-order valence-corrected chi connectivity index (χ3v) is 3.35. The molecular weight excluding hydrogens is 212 g/mol. The zero-order valence-corrected chi connectivity index (χ0v) is 9.93. The molecule has 0 aromatic heterocycles. The second-order valence-corrected chi connectivity index (χ2v) is 4.70. The number of carboxylic acids is 1. The largest absolute Gasteiger partial charge is 0.478 e. The highest BCUT2D eigenvalue weighted by Crippen LogP contribution is 2.27. The number of carbonyl (C=O) groups is 1. The van der Waals surface area contributed by atoms with Crippen LogP contribution < -0.4 is 0 Å². The Kier molecular flexibility index (Phi) is 3.97. The molecule has 0 unspecified atom stereocenters. The van der Waals surface area contributed by atoms with E-state index in [2.05, 4.69) is 0 Å². The second-order valence-electron chi connectivity index (χ2n) is 4.70. The van der Waals surface area contributed by atoms with Crippen molar-refractivity contribution in [2.45, 2.75) is 32.1 Å². The molecule has 2 rings (SSSR count). The highest BCUT2D eigenvalue weighted by atomic mass is 16.4. The van der Waals surface area contributed by atoms with Gasteiger partial charge in [0.2, 0.25) is 0 Å². The molecule has 17 heavy (non-hydrogen) atoms. The van der Waals surface area contributed by atoms with Crippen LogP contribution in [0.3, 0.4) is 0 Å². The first-order valence-corrected chi connectivity index (χ1v) is 6.23. The van der Waals surface area contributed by atoms with Gasteiger partial charge in [-0.25, -0.2) is 4.79 Å². The van der Waals surface area contributed by atoms with E-state index in [0.717, 1.165) is 18.4 Å². The topological polar surface area (TPSA) is 37.3 Å². The first kappa shape index (κ1) is 11.9. The third kappa shape index (κ3) is 3.45. The van der Waals surface area contributed by atoms with Crippen LogP contribution in [0.5, 0.6) is 0 Å². The molecule has 0 spiro atoms. The molecule has 1 saturated carbocycles. The highest BCUT2D eigenvalue weighted by molar-refractivity contribution is 5.87. The molecule has 0 heterocycles. The third-order valence-electron chi connectivity index (χ3n) is 3.35. The van der Waals surface area contributed by atoms with Gasteiger partial charge in [-0.15, -0.1) is 0 Å². The average Bonchev–Trinajstić information content (AvgIpc) is 2.82. The Morgan fingerprint density at radius 1 is 1.24 bits per heavy atom. The van der Waals surface area contributed by atoms with Gasteiger partial charge in [0.15, 0.2) is 0 Å². The van der Waals surface area contributed by atoms with E-state index in [1.807, 2.05) is 36.4 Å². The highest BCUT2D eigenvalue weighted by Gasteiger charge is 2.16. The van der Waals surface area contributed by atoms with Crippen LogP contribution in [0.25, 0.3) is 0 Å². The predicted octanol–water partition coefficient (Wildman–Crippen LogP) is 3.43. The second kappa shape index (κ2) is 5.67. The molecule has 0 atom stereocenters. The summed E-state index contributed by atoms with van der Waals surface area (Å²) in [6.07, 6.45) is 7.27. The summed E-state index contributed by atoms with van der Waals surface area (Å²) in [5.74, 6) is -0.300. The zero-order valence-electron chi connectivity index (χ0n) is 9.93. The molecule has 1 aliphatic carbocycles. The van der Waals surface area contributed by atoms with Crippen molar-refractivity contribution in [1.29, 1.82) is 0 Å². The van der Waals surface area contributed by atoms with Gasteiger partial charge >= 0.3 is 5.97 Å². The average molecular weight is 230 g/mol. The smallest absolute Gasteiger partial charge is 0.331 e. The number of hydrogen-bond acceptors (Lipinski definition) is 1. The van der Waals surface area contributed by atoms with Crippen molar-refractivity contribution in [3.05, 3.63) is 47.5 Å².